The smallest absolute Gasteiger partial charge is 0.352 e. The molecule has 8 nitrogen and oxygen atoms in total. The molecule has 1 aliphatic heterocycles. The third-order valence-electron chi connectivity index (χ3n) is 6.63. The van der Waals surface area contributed by atoms with Crippen molar-refractivity contribution in [2.45, 2.75) is 36.8 Å². The highest BCUT2D eigenvalue weighted by atomic mass is 32.2. The van der Waals surface area contributed by atoms with E-state index in [0.717, 1.165) is 10.9 Å². The summed E-state index contributed by atoms with van der Waals surface area (Å²) in [6.45, 7) is 0.895. The number of rotatable bonds is 9. The Morgan fingerprint density at radius 1 is 0.974 bits per heavy atom. The maximum atomic E-state index is 13.5. The van der Waals surface area contributed by atoms with E-state index in [1.165, 1.54) is 0 Å². The van der Waals surface area contributed by atoms with Gasteiger partial charge in [-0.1, -0.05) is 36.4 Å². The fraction of sp³-hybridized carbons (Fsp3) is 0.370. The molecule has 208 valence electrons. The number of hydrogen-bond donors (Lipinski definition) is 1. The Kier molecular flexibility index (Phi) is 8.73. The molecule has 0 bridgehead atoms. The lowest BCUT2D eigenvalue weighted by Crippen LogP contribution is -2.40. The number of aromatic nitrogens is 2. The van der Waals surface area contributed by atoms with Gasteiger partial charge >= 0.3 is 6.18 Å². The second-order valence-corrected chi connectivity index (χ2v) is 11.5. The molecule has 0 spiro atoms. The van der Waals surface area contributed by atoms with E-state index in [0.29, 0.717) is 36.5 Å². The van der Waals surface area contributed by atoms with Crippen LogP contribution in [0.25, 0.3) is 5.69 Å². The van der Waals surface area contributed by atoms with Gasteiger partial charge in [0.2, 0.25) is 5.91 Å². The average Bonchev–Trinajstić information content (AvgIpc) is 3.39. The summed E-state index contributed by atoms with van der Waals surface area (Å²) in [5.41, 5.74) is -1.49. The van der Waals surface area contributed by atoms with Crippen molar-refractivity contribution in [3.63, 3.8) is 0 Å². The van der Waals surface area contributed by atoms with Gasteiger partial charge in [-0.25, -0.2) is 13.1 Å². The van der Waals surface area contributed by atoms with Crippen LogP contribution in [0.4, 0.5) is 13.2 Å². The number of benzene rings is 2. The largest absolute Gasteiger partial charge is 0.435 e. The van der Waals surface area contributed by atoms with E-state index in [9.17, 15) is 31.2 Å². The van der Waals surface area contributed by atoms with Crippen molar-refractivity contribution in [1.29, 1.82) is 0 Å². The van der Waals surface area contributed by atoms with Crippen LogP contribution in [0, 0.1) is 5.92 Å². The fourth-order valence-corrected chi connectivity index (χ4v) is 6.26. The van der Waals surface area contributed by atoms with Crippen LogP contribution in [0.15, 0.2) is 71.8 Å². The van der Waals surface area contributed by atoms with Crippen molar-refractivity contribution in [2.75, 3.05) is 25.4 Å². The molecule has 2 aromatic carbocycles. The first-order valence-electron chi connectivity index (χ1n) is 12.6. The van der Waals surface area contributed by atoms with Crippen LogP contribution < -0.4 is 5.32 Å². The molecule has 1 aromatic heterocycles. The minimum atomic E-state index is -4.81. The van der Waals surface area contributed by atoms with Crippen molar-refractivity contribution >= 4 is 21.7 Å². The standard InChI is InChI=1S/C27H29F3N4O4S/c28-27(29,30)25-23(18-34(32-25)21-8-3-1-4-9-21)26(36)31-15-7-12-24(35)33-16-13-20(14-17-33)19-39(37,38)22-10-5-2-6-11-22/h1-6,8-11,18,20H,7,12-17,19H2,(H,31,36). The quantitative estimate of drug-likeness (QED) is 0.396. The van der Waals surface area contributed by atoms with Crippen molar-refractivity contribution in [2.24, 2.45) is 5.92 Å². The molecule has 4 rings (SSSR count). The highest BCUT2D eigenvalue weighted by Crippen LogP contribution is 2.31. The molecule has 12 heteroatoms. The number of para-hydroxylation sites is 1. The summed E-state index contributed by atoms with van der Waals surface area (Å²) < 4.78 is 66.7. The van der Waals surface area contributed by atoms with Crippen LogP contribution in [-0.4, -0.2) is 60.3 Å². The second-order valence-electron chi connectivity index (χ2n) is 9.45. The Bertz CT molecular complexity index is 1390. The Hall–Kier alpha value is -3.67. The fourth-order valence-electron chi connectivity index (χ4n) is 4.54. The molecule has 39 heavy (non-hydrogen) atoms. The number of alkyl halides is 3. The zero-order valence-corrected chi connectivity index (χ0v) is 21.9. The summed E-state index contributed by atoms with van der Waals surface area (Å²) >= 11 is 0. The maximum absolute atomic E-state index is 13.5. The summed E-state index contributed by atoms with van der Waals surface area (Å²) in [6, 6.07) is 16.4. The summed E-state index contributed by atoms with van der Waals surface area (Å²) in [5.74, 6) is -1.07. The van der Waals surface area contributed by atoms with Crippen LogP contribution in [0.3, 0.4) is 0 Å². The first-order valence-corrected chi connectivity index (χ1v) is 14.3. The molecule has 2 heterocycles. The molecule has 1 N–H and O–H groups in total. The third-order valence-corrected chi connectivity index (χ3v) is 8.53. The van der Waals surface area contributed by atoms with Gasteiger partial charge in [-0.15, -0.1) is 0 Å². The lowest BCUT2D eigenvalue weighted by Gasteiger charge is -2.32. The van der Waals surface area contributed by atoms with E-state index >= 15 is 0 Å². The lowest BCUT2D eigenvalue weighted by molar-refractivity contribution is -0.141. The summed E-state index contributed by atoms with van der Waals surface area (Å²) in [6.07, 6.45) is -2.26. The molecule has 1 fully saturated rings. The van der Waals surface area contributed by atoms with Crippen molar-refractivity contribution in [1.82, 2.24) is 20.0 Å². The highest BCUT2D eigenvalue weighted by molar-refractivity contribution is 7.91. The Morgan fingerprint density at radius 3 is 2.21 bits per heavy atom. The first-order chi connectivity index (χ1) is 18.5. The number of sulfone groups is 1. The van der Waals surface area contributed by atoms with Gasteiger partial charge in [-0.2, -0.15) is 18.3 Å². The Morgan fingerprint density at radius 2 is 1.59 bits per heavy atom. The van der Waals surface area contributed by atoms with Crippen LogP contribution in [0.5, 0.6) is 0 Å². The second kappa shape index (κ2) is 12.0. The number of carbonyl (C=O) groups is 2. The van der Waals surface area contributed by atoms with E-state index in [2.05, 4.69) is 10.4 Å². The van der Waals surface area contributed by atoms with Gasteiger partial charge in [-0.05, 0) is 49.4 Å². The average molecular weight is 563 g/mol. The Labute approximate surface area is 224 Å². The van der Waals surface area contributed by atoms with Crippen molar-refractivity contribution in [3.8, 4) is 5.69 Å². The molecule has 1 saturated heterocycles. The van der Waals surface area contributed by atoms with Gasteiger partial charge in [0.15, 0.2) is 15.5 Å². The van der Waals surface area contributed by atoms with Gasteiger partial charge in [0, 0.05) is 32.3 Å². The van der Waals surface area contributed by atoms with Gasteiger partial charge in [-0.3, -0.25) is 9.59 Å². The van der Waals surface area contributed by atoms with E-state index < -0.39 is 33.2 Å². The summed E-state index contributed by atoms with van der Waals surface area (Å²) in [5, 5.41) is 6.02. The van der Waals surface area contributed by atoms with Crippen molar-refractivity contribution < 1.29 is 31.2 Å². The van der Waals surface area contributed by atoms with E-state index in [-0.39, 0.29) is 37.0 Å². The number of carbonyl (C=O) groups excluding carboxylic acids is 2. The predicted octanol–water partition coefficient (Wildman–Crippen LogP) is 4.11. The highest BCUT2D eigenvalue weighted by Gasteiger charge is 2.39. The van der Waals surface area contributed by atoms with E-state index in [1.807, 2.05) is 0 Å². The van der Waals surface area contributed by atoms with E-state index in [4.69, 9.17) is 0 Å². The van der Waals surface area contributed by atoms with Crippen molar-refractivity contribution in [3.05, 3.63) is 78.1 Å². The number of hydrogen-bond acceptors (Lipinski definition) is 5. The molecule has 0 atom stereocenters. The number of amides is 2. The molecular formula is C27H29F3N4O4S. The lowest BCUT2D eigenvalue weighted by atomic mass is 9.98. The molecule has 0 unspecified atom stereocenters. The van der Waals surface area contributed by atoms with Gasteiger partial charge in [0.25, 0.3) is 5.91 Å². The first kappa shape index (κ1) is 28.3. The summed E-state index contributed by atoms with van der Waals surface area (Å²) in [7, 11) is -3.39. The van der Waals surface area contributed by atoms with Gasteiger partial charge in [0.1, 0.15) is 0 Å². The number of halogens is 3. The predicted molar refractivity (Wildman–Crippen MR) is 138 cm³/mol. The summed E-state index contributed by atoms with van der Waals surface area (Å²) in [4.78, 5) is 27.1. The molecule has 3 aromatic rings. The number of nitrogens with one attached hydrogen (secondary N) is 1. The number of nitrogens with zero attached hydrogens (tertiary/aromatic N) is 3. The topological polar surface area (TPSA) is 101 Å². The number of likely N-dealkylation sites (tertiary alicyclic amines) is 1. The third kappa shape index (κ3) is 7.25. The van der Waals surface area contributed by atoms with Crippen LogP contribution >= 0.6 is 0 Å². The SMILES string of the molecule is O=C(NCCCC(=O)N1CCC(CS(=O)(=O)c2ccccc2)CC1)c1cn(-c2ccccc2)nc1C(F)(F)F. The molecule has 2 amide bonds. The molecule has 0 saturated carbocycles. The van der Waals surface area contributed by atoms with Crippen LogP contribution in [-0.2, 0) is 20.8 Å². The van der Waals surface area contributed by atoms with E-state index in [1.54, 1.807) is 65.6 Å². The number of piperidine rings is 1. The normalized spacial score (nSPS) is 14.8. The van der Waals surface area contributed by atoms with Crippen LogP contribution in [0.2, 0.25) is 0 Å². The van der Waals surface area contributed by atoms with Gasteiger partial charge < -0.3 is 10.2 Å². The molecule has 0 aliphatic carbocycles. The minimum Gasteiger partial charge on any atom is -0.352 e. The zero-order chi connectivity index (χ0) is 28.0. The monoisotopic (exact) mass is 562 g/mol. The van der Waals surface area contributed by atoms with Gasteiger partial charge in [0.05, 0.1) is 21.9 Å². The molecular weight excluding hydrogens is 533 g/mol. The maximum Gasteiger partial charge on any atom is 0.435 e. The molecule has 1 aliphatic rings. The minimum absolute atomic E-state index is 0.0180. The molecule has 0 radical (unpaired) electrons. The van der Waals surface area contributed by atoms with Crippen LogP contribution in [0.1, 0.15) is 41.7 Å². The Balaban J connectivity index is 1.24. The zero-order valence-electron chi connectivity index (χ0n) is 21.1.